The Labute approximate surface area is 84.2 Å². The third-order valence-electron chi connectivity index (χ3n) is 1.54. The van der Waals surface area contributed by atoms with Gasteiger partial charge in [-0.25, -0.2) is 9.97 Å². The summed E-state index contributed by atoms with van der Waals surface area (Å²) in [6.07, 6.45) is 1.43. The summed E-state index contributed by atoms with van der Waals surface area (Å²) >= 11 is 7.47. The molecule has 0 aliphatic rings. The molecule has 0 atom stereocenters. The highest BCUT2D eigenvalue weighted by atomic mass is 35.5. The smallest absolute Gasteiger partial charge is 0.127 e. The summed E-state index contributed by atoms with van der Waals surface area (Å²) in [5.74, 6) is 0.453. The molecule has 0 aliphatic carbocycles. The van der Waals surface area contributed by atoms with Crippen LogP contribution in [0, 0.1) is 0 Å². The standard InChI is InChI=1S/C8H6ClN3S/c9-5-1-2-13-8(5)6-3-7(10)12-4-11-6/h1-4H,(H2,10,11,12). The molecule has 0 amide bonds. The van der Waals surface area contributed by atoms with E-state index in [1.165, 1.54) is 17.7 Å². The van der Waals surface area contributed by atoms with Crippen LogP contribution in [-0.2, 0) is 0 Å². The number of rotatable bonds is 1. The Hall–Kier alpha value is -1.13. The van der Waals surface area contributed by atoms with Gasteiger partial charge >= 0.3 is 0 Å². The van der Waals surface area contributed by atoms with E-state index < -0.39 is 0 Å². The van der Waals surface area contributed by atoms with Gasteiger partial charge in [0.25, 0.3) is 0 Å². The lowest BCUT2D eigenvalue weighted by Crippen LogP contribution is -1.91. The van der Waals surface area contributed by atoms with Crippen molar-refractivity contribution in [2.75, 3.05) is 5.73 Å². The predicted octanol–water partition coefficient (Wildman–Crippen LogP) is 2.44. The average Bonchev–Trinajstić information content (AvgIpc) is 2.51. The molecule has 2 heterocycles. The summed E-state index contributed by atoms with van der Waals surface area (Å²) in [6, 6.07) is 3.54. The van der Waals surface area contributed by atoms with Crippen molar-refractivity contribution in [1.82, 2.24) is 9.97 Å². The Kier molecular flexibility index (Phi) is 2.16. The Morgan fingerprint density at radius 2 is 2.23 bits per heavy atom. The summed E-state index contributed by atoms with van der Waals surface area (Å²) in [5, 5.41) is 2.61. The molecule has 0 saturated carbocycles. The van der Waals surface area contributed by atoms with Gasteiger partial charge in [-0.3, -0.25) is 0 Å². The molecule has 2 N–H and O–H groups in total. The van der Waals surface area contributed by atoms with Crippen LogP contribution in [0.25, 0.3) is 10.6 Å². The Balaban J connectivity index is 2.53. The van der Waals surface area contributed by atoms with E-state index in [0.717, 1.165) is 10.6 Å². The number of aromatic nitrogens is 2. The second-order valence-corrected chi connectivity index (χ2v) is 3.75. The molecule has 0 bridgehead atoms. The Morgan fingerprint density at radius 1 is 1.38 bits per heavy atom. The molecule has 13 heavy (non-hydrogen) atoms. The van der Waals surface area contributed by atoms with Crippen LogP contribution in [0.3, 0.4) is 0 Å². The van der Waals surface area contributed by atoms with Crippen LogP contribution in [0.2, 0.25) is 5.02 Å². The van der Waals surface area contributed by atoms with E-state index in [-0.39, 0.29) is 0 Å². The first kappa shape index (κ1) is 8.47. The molecule has 0 fully saturated rings. The maximum Gasteiger partial charge on any atom is 0.127 e. The predicted molar refractivity (Wildman–Crippen MR) is 54.8 cm³/mol. The van der Waals surface area contributed by atoms with Gasteiger partial charge in [-0.05, 0) is 11.4 Å². The highest BCUT2D eigenvalue weighted by molar-refractivity contribution is 7.14. The summed E-state index contributed by atoms with van der Waals surface area (Å²) in [7, 11) is 0. The molecule has 0 unspecified atom stereocenters. The van der Waals surface area contributed by atoms with Crippen LogP contribution in [0.5, 0.6) is 0 Å². The summed E-state index contributed by atoms with van der Waals surface area (Å²) in [5.41, 5.74) is 6.30. The number of hydrogen-bond acceptors (Lipinski definition) is 4. The van der Waals surface area contributed by atoms with Gasteiger partial charge in [0.15, 0.2) is 0 Å². The Morgan fingerprint density at radius 3 is 2.85 bits per heavy atom. The average molecular weight is 212 g/mol. The van der Waals surface area contributed by atoms with E-state index in [4.69, 9.17) is 17.3 Å². The fourth-order valence-corrected chi connectivity index (χ4v) is 2.09. The van der Waals surface area contributed by atoms with Crippen LogP contribution < -0.4 is 5.73 Å². The topological polar surface area (TPSA) is 51.8 Å². The van der Waals surface area contributed by atoms with E-state index >= 15 is 0 Å². The third kappa shape index (κ3) is 1.64. The number of nitrogens with zero attached hydrogens (tertiary/aromatic N) is 2. The van der Waals surface area contributed by atoms with Crippen molar-refractivity contribution in [2.45, 2.75) is 0 Å². The van der Waals surface area contributed by atoms with Crippen molar-refractivity contribution < 1.29 is 0 Å². The normalized spacial score (nSPS) is 10.2. The highest BCUT2D eigenvalue weighted by Gasteiger charge is 2.06. The number of nitrogens with two attached hydrogens (primary N) is 1. The van der Waals surface area contributed by atoms with Crippen molar-refractivity contribution in [3.05, 3.63) is 28.9 Å². The monoisotopic (exact) mass is 211 g/mol. The zero-order chi connectivity index (χ0) is 9.26. The number of halogens is 1. The number of hydrogen-bond donors (Lipinski definition) is 1. The lowest BCUT2D eigenvalue weighted by Gasteiger charge is -1.97. The second-order valence-electron chi connectivity index (χ2n) is 2.43. The van der Waals surface area contributed by atoms with Crippen molar-refractivity contribution in [3.8, 4) is 10.6 Å². The quantitative estimate of drug-likeness (QED) is 0.788. The van der Waals surface area contributed by atoms with Crippen LogP contribution in [-0.4, -0.2) is 9.97 Å². The lowest BCUT2D eigenvalue weighted by molar-refractivity contribution is 1.19. The maximum absolute atomic E-state index is 5.94. The maximum atomic E-state index is 5.94. The molecule has 5 heteroatoms. The molecule has 0 radical (unpaired) electrons. The van der Waals surface area contributed by atoms with E-state index in [1.807, 2.05) is 11.4 Å². The zero-order valence-corrected chi connectivity index (χ0v) is 8.14. The number of anilines is 1. The summed E-state index contributed by atoms with van der Waals surface area (Å²) < 4.78 is 0. The van der Waals surface area contributed by atoms with Crippen LogP contribution in [0.15, 0.2) is 23.8 Å². The molecule has 2 rings (SSSR count). The Bertz CT molecular complexity index is 427. The number of thiophene rings is 1. The summed E-state index contributed by atoms with van der Waals surface area (Å²) in [4.78, 5) is 8.81. The van der Waals surface area contributed by atoms with Crippen molar-refractivity contribution >= 4 is 28.8 Å². The van der Waals surface area contributed by atoms with Crippen molar-refractivity contribution in [2.24, 2.45) is 0 Å². The van der Waals surface area contributed by atoms with Gasteiger partial charge in [0.05, 0.1) is 15.6 Å². The molecule has 3 nitrogen and oxygen atoms in total. The van der Waals surface area contributed by atoms with Crippen LogP contribution in [0.4, 0.5) is 5.82 Å². The molecule has 0 aromatic carbocycles. The molecular formula is C8H6ClN3S. The largest absolute Gasteiger partial charge is 0.384 e. The van der Waals surface area contributed by atoms with Gasteiger partial charge < -0.3 is 5.73 Å². The SMILES string of the molecule is Nc1cc(-c2sccc2Cl)ncn1. The van der Waals surface area contributed by atoms with Crippen LogP contribution in [0.1, 0.15) is 0 Å². The van der Waals surface area contributed by atoms with Gasteiger partial charge in [-0.1, -0.05) is 11.6 Å². The molecular weight excluding hydrogens is 206 g/mol. The minimum absolute atomic E-state index is 0.453. The van der Waals surface area contributed by atoms with E-state index in [2.05, 4.69) is 9.97 Å². The molecule has 2 aromatic heterocycles. The lowest BCUT2D eigenvalue weighted by atomic mass is 10.3. The molecule has 66 valence electrons. The second kappa shape index (κ2) is 3.32. The molecule has 0 saturated heterocycles. The third-order valence-corrected chi connectivity index (χ3v) is 2.90. The number of nitrogen functional groups attached to an aromatic ring is 1. The minimum atomic E-state index is 0.453. The van der Waals surface area contributed by atoms with Gasteiger partial charge in [0, 0.05) is 6.07 Å². The first-order chi connectivity index (χ1) is 6.27. The first-order valence-corrected chi connectivity index (χ1v) is 4.84. The van der Waals surface area contributed by atoms with E-state index in [9.17, 15) is 0 Å². The first-order valence-electron chi connectivity index (χ1n) is 3.58. The molecule has 0 spiro atoms. The van der Waals surface area contributed by atoms with Crippen LogP contribution >= 0.6 is 22.9 Å². The van der Waals surface area contributed by atoms with Crippen molar-refractivity contribution in [1.29, 1.82) is 0 Å². The fourth-order valence-electron chi connectivity index (χ4n) is 0.973. The fraction of sp³-hybridized carbons (Fsp3) is 0. The minimum Gasteiger partial charge on any atom is -0.384 e. The van der Waals surface area contributed by atoms with Gasteiger partial charge in [0.1, 0.15) is 12.1 Å². The molecule has 2 aromatic rings. The van der Waals surface area contributed by atoms with E-state index in [1.54, 1.807) is 6.07 Å². The molecule has 0 aliphatic heterocycles. The van der Waals surface area contributed by atoms with Gasteiger partial charge in [-0.15, -0.1) is 11.3 Å². The highest BCUT2D eigenvalue weighted by Crippen LogP contribution is 2.31. The van der Waals surface area contributed by atoms with Gasteiger partial charge in [-0.2, -0.15) is 0 Å². The van der Waals surface area contributed by atoms with E-state index in [0.29, 0.717) is 10.8 Å². The zero-order valence-electron chi connectivity index (χ0n) is 6.57. The van der Waals surface area contributed by atoms with Gasteiger partial charge in [0.2, 0.25) is 0 Å². The van der Waals surface area contributed by atoms with Crippen molar-refractivity contribution in [3.63, 3.8) is 0 Å². The summed E-state index contributed by atoms with van der Waals surface area (Å²) in [6.45, 7) is 0.